The largest absolute Gasteiger partial charge is 0.490 e. The highest BCUT2D eigenvalue weighted by Crippen LogP contribution is 2.29. The summed E-state index contributed by atoms with van der Waals surface area (Å²) in [6.07, 6.45) is 3.55. The van der Waals surface area contributed by atoms with Gasteiger partial charge in [-0.1, -0.05) is 0 Å². The number of aromatic nitrogens is 3. The fraction of sp³-hybridized carbons (Fsp3) is 0.611. The molecule has 2 aromatic heterocycles. The van der Waals surface area contributed by atoms with Gasteiger partial charge in [0.25, 0.3) is 5.88 Å². The molecule has 0 aliphatic carbocycles. The quantitative estimate of drug-likeness (QED) is 0.683. The molecule has 10 heteroatoms. The zero-order valence-electron chi connectivity index (χ0n) is 16.6. The van der Waals surface area contributed by atoms with E-state index in [2.05, 4.69) is 26.0 Å². The zero-order valence-corrected chi connectivity index (χ0v) is 18.2. The first-order valence-corrected chi connectivity index (χ1v) is 9.74. The van der Waals surface area contributed by atoms with Gasteiger partial charge in [0.05, 0.1) is 42.7 Å². The van der Waals surface area contributed by atoms with Gasteiger partial charge in [-0.25, -0.2) is 9.31 Å². The lowest BCUT2D eigenvalue weighted by atomic mass is 10.2. The van der Waals surface area contributed by atoms with Crippen LogP contribution in [0, 0.1) is 0 Å². The highest BCUT2D eigenvalue weighted by Gasteiger charge is 2.38. The Labute approximate surface area is 172 Å². The van der Waals surface area contributed by atoms with Crippen LogP contribution >= 0.6 is 15.9 Å². The topological polar surface area (TPSA) is 87.4 Å². The van der Waals surface area contributed by atoms with Gasteiger partial charge in [0.1, 0.15) is 12.2 Å². The number of amides is 1. The van der Waals surface area contributed by atoms with Gasteiger partial charge >= 0.3 is 6.09 Å². The van der Waals surface area contributed by atoms with Crippen molar-refractivity contribution in [3.8, 4) is 11.6 Å². The number of fused-ring (bicyclic) bond motifs is 1. The van der Waals surface area contributed by atoms with E-state index in [-0.39, 0.29) is 24.8 Å². The number of halogens is 1. The Hall–Kier alpha value is -2.07. The summed E-state index contributed by atoms with van der Waals surface area (Å²) >= 11 is 3.41. The molecule has 154 valence electrons. The molecule has 0 radical (unpaired) electrons. The van der Waals surface area contributed by atoms with Gasteiger partial charge < -0.3 is 18.9 Å². The molecular formula is C18H25BrN4O5. The van der Waals surface area contributed by atoms with Crippen LogP contribution in [0.15, 0.2) is 16.9 Å². The van der Waals surface area contributed by atoms with Gasteiger partial charge in [-0.3, -0.25) is 4.90 Å². The van der Waals surface area contributed by atoms with Crippen molar-refractivity contribution in [3.05, 3.63) is 16.9 Å². The van der Waals surface area contributed by atoms with Gasteiger partial charge in [0.15, 0.2) is 11.4 Å². The second kappa shape index (κ2) is 8.12. The molecule has 1 amide bonds. The average molecular weight is 457 g/mol. The van der Waals surface area contributed by atoms with Gasteiger partial charge in [-0.05, 0) is 43.1 Å². The van der Waals surface area contributed by atoms with Crippen molar-refractivity contribution >= 4 is 27.7 Å². The van der Waals surface area contributed by atoms with Gasteiger partial charge in [0.2, 0.25) is 0 Å². The van der Waals surface area contributed by atoms with Crippen LogP contribution in [0.4, 0.5) is 4.79 Å². The van der Waals surface area contributed by atoms with E-state index in [0.717, 1.165) is 4.47 Å². The molecule has 2 aromatic rings. The Morgan fingerprint density at radius 3 is 2.75 bits per heavy atom. The Balaban J connectivity index is 1.76. The van der Waals surface area contributed by atoms with Gasteiger partial charge in [-0.2, -0.15) is 10.1 Å². The van der Waals surface area contributed by atoms with Crippen LogP contribution in [0.5, 0.6) is 11.6 Å². The molecule has 0 spiro atoms. The van der Waals surface area contributed by atoms with Crippen molar-refractivity contribution in [2.24, 2.45) is 0 Å². The summed E-state index contributed by atoms with van der Waals surface area (Å²) in [4.78, 5) is 18.7. The van der Waals surface area contributed by atoms with Crippen LogP contribution in [-0.2, 0) is 9.47 Å². The van der Waals surface area contributed by atoms with Crippen molar-refractivity contribution in [2.75, 3.05) is 27.4 Å². The van der Waals surface area contributed by atoms with Gasteiger partial charge in [0, 0.05) is 7.11 Å². The first kappa shape index (κ1) is 20.7. The lowest BCUT2D eigenvalue weighted by Crippen LogP contribution is -2.42. The highest BCUT2D eigenvalue weighted by atomic mass is 79.9. The molecule has 3 heterocycles. The maximum atomic E-state index is 12.6. The molecular weight excluding hydrogens is 432 g/mol. The predicted octanol–water partition coefficient (Wildman–Crippen LogP) is 2.90. The predicted molar refractivity (Wildman–Crippen MR) is 105 cm³/mol. The fourth-order valence-electron chi connectivity index (χ4n) is 3.02. The number of carbonyl (C=O) groups excluding carboxylic acids is 1. The summed E-state index contributed by atoms with van der Waals surface area (Å²) in [5.74, 6) is 0.786. The summed E-state index contributed by atoms with van der Waals surface area (Å²) in [5, 5.41) is 4.18. The zero-order chi connectivity index (χ0) is 20.5. The van der Waals surface area contributed by atoms with Crippen molar-refractivity contribution in [2.45, 2.75) is 44.9 Å². The molecule has 3 rings (SSSR count). The Morgan fingerprint density at radius 1 is 1.36 bits per heavy atom. The number of likely N-dealkylation sites (tertiary alicyclic amines) is 1. The normalized spacial score (nSPS) is 19.9. The number of ether oxygens (including phenoxy) is 4. The third kappa shape index (κ3) is 4.49. The maximum Gasteiger partial charge on any atom is 0.410 e. The molecule has 0 bridgehead atoms. The van der Waals surface area contributed by atoms with E-state index >= 15 is 0 Å². The van der Waals surface area contributed by atoms with E-state index in [9.17, 15) is 4.79 Å². The maximum absolute atomic E-state index is 12.6. The minimum Gasteiger partial charge on any atom is -0.490 e. The first-order chi connectivity index (χ1) is 13.2. The third-order valence-corrected chi connectivity index (χ3v) is 4.91. The average Bonchev–Trinajstić information content (AvgIpc) is 3.21. The number of hydrogen-bond acceptors (Lipinski definition) is 7. The smallest absolute Gasteiger partial charge is 0.410 e. The van der Waals surface area contributed by atoms with Crippen molar-refractivity contribution in [1.82, 2.24) is 19.5 Å². The number of hydrogen-bond donors (Lipinski definition) is 0. The highest BCUT2D eigenvalue weighted by molar-refractivity contribution is 9.10. The van der Waals surface area contributed by atoms with Crippen LogP contribution < -0.4 is 9.47 Å². The standard InChI is InChI=1S/C18H25BrN4O5/c1-18(2,3)28-17(24)22-8-12(25-4)6-11(22)10-27-16-14(26-5)9-23-15(21-16)13(19)7-20-23/h7,9,11-12H,6,8,10H2,1-5H3/t11-,12+/m0/s1. The van der Waals surface area contributed by atoms with E-state index in [0.29, 0.717) is 30.2 Å². The SMILES string of the molecule is COc1cn2ncc(Br)c2nc1OC[C@@H]1C[C@@H](OC)CN1C(=O)OC(C)(C)C. The molecule has 1 saturated heterocycles. The van der Waals surface area contributed by atoms with Crippen LogP contribution in [0.3, 0.4) is 0 Å². The second-order valence-electron chi connectivity index (χ2n) is 7.57. The van der Waals surface area contributed by atoms with Crippen molar-refractivity contribution in [3.63, 3.8) is 0 Å². The summed E-state index contributed by atoms with van der Waals surface area (Å²) in [6.45, 7) is 6.22. The van der Waals surface area contributed by atoms with Crippen LogP contribution in [0.1, 0.15) is 27.2 Å². The fourth-order valence-corrected chi connectivity index (χ4v) is 3.38. The van der Waals surface area contributed by atoms with Crippen LogP contribution in [0.2, 0.25) is 0 Å². The van der Waals surface area contributed by atoms with Crippen LogP contribution in [-0.4, -0.2) is 70.7 Å². The van der Waals surface area contributed by atoms with E-state index in [1.807, 2.05) is 20.8 Å². The lowest BCUT2D eigenvalue weighted by molar-refractivity contribution is 0.0162. The molecule has 1 aliphatic rings. The van der Waals surface area contributed by atoms with E-state index < -0.39 is 5.60 Å². The molecule has 9 nitrogen and oxygen atoms in total. The molecule has 0 unspecified atom stereocenters. The monoisotopic (exact) mass is 456 g/mol. The van der Waals surface area contributed by atoms with E-state index in [1.54, 1.807) is 28.9 Å². The van der Waals surface area contributed by atoms with E-state index in [4.69, 9.17) is 18.9 Å². The molecule has 0 N–H and O–H groups in total. The lowest BCUT2D eigenvalue weighted by Gasteiger charge is -2.28. The summed E-state index contributed by atoms with van der Waals surface area (Å²) in [6, 6.07) is -0.198. The number of carbonyl (C=O) groups is 1. The number of methoxy groups -OCH3 is 2. The van der Waals surface area contributed by atoms with Crippen LogP contribution in [0.25, 0.3) is 5.65 Å². The molecule has 0 saturated carbocycles. The number of nitrogens with zero attached hydrogens (tertiary/aromatic N) is 4. The van der Waals surface area contributed by atoms with Crippen molar-refractivity contribution < 1.29 is 23.7 Å². The molecule has 0 aromatic carbocycles. The second-order valence-corrected chi connectivity index (χ2v) is 8.42. The molecule has 1 aliphatic heterocycles. The van der Waals surface area contributed by atoms with Gasteiger partial charge in [-0.15, -0.1) is 0 Å². The Kier molecular flexibility index (Phi) is 5.99. The molecule has 2 atom stereocenters. The molecule has 28 heavy (non-hydrogen) atoms. The summed E-state index contributed by atoms with van der Waals surface area (Å²) < 4.78 is 24.6. The first-order valence-electron chi connectivity index (χ1n) is 8.95. The molecule has 1 fully saturated rings. The third-order valence-electron chi connectivity index (χ3n) is 4.35. The Morgan fingerprint density at radius 2 is 2.11 bits per heavy atom. The minimum atomic E-state index is -0.572. The van der Waals surface area contributed by atoms with E-state index in [1.165, 1.54) is 7.11 Å². The summed E-state index contributed by atoms with van der Waals surface area (Å²) in [5.41, 5.74) is 0.0403. The minimum absolute atomic E-state index is 0.0672. The Bertz CT molecular complexity index is 850. The van der Waals surface area contributed by atoms with Crippen molar-refractivity contribution in [1.29, 1.82) is 0 Å². The number of rotatable bonds is 5. The summed E-state index contributed by atoms with van der Waals surface area (Å²) in [7, 11) is 3.18.